The Morgan fingerprint density at radius 2 is 2.25 bits per heavy atom. The van der Waals surface area contributed by atoms with Gasteiger partial charge in [-0.05, 0) is 46.1 Å². The zero-order valence-corrected chi connectivity index (χ0v) is 12.7. The van der Waals surface area contributed by atoms with Crippen LogP contribution in [0.3, 0.4) is 0 Å². The van der Waals surface area contributed by atoms with Gasteiger partial charge in [-0.25, -0.2) is 4.98 Å². The molecule has 1 aromatic carbocycles. The summed E-state index contributed by atoms with van der Waals surface area (Å²) >= 11 is 4.65. The van der Waals surface area contributed by atoms with Gasteiger partial charge < -0.3 is 5.32 Å². The third kappa shape index (κ3) is 2.73. The summed E-state index contributed by atoms with van der Waals surface area (Å²) < 4.78 is 0.862. The fraction of sp³-hybridized carbons (Fsp3) is 0.154. The van der Waals surface area contributed by atoms with E-state index in [1.165, 1.54) is 11.3 Å². The van der Waals surface area contributed by atoms with E-state index >= 15 is 0 Å². The average molecular weight is 352 g/mol. The molecule has 0 fully saturated rings. The van der Waals surface area contributed by atoms with Crippen LogP contribution in [0, 0.1) is 0 Å². The Morgan fingerprint density at radius 3 is 3.00 bits per heavy atom. The van der Waals surface area contributed by atoms with Crippen molar-refractivity contribution >= 4 is 49.9 Å². The number of nitrogens with zero attached hydrogens (tertiary/aromatic N) is 1. The molecule has 1 aliphatic heterocycles. The number of hydrogen-bond acceptors (Lipinski definition) is 4. The number of hydrogen-bond donors (Lipinski definition) is 2. The van der Waals surface area contributed by atoms with Crippen LogP contribution in [0.5, 0.6) is 0 Å². The van der Waals surface area contributed by atoms with Crippen LogP contribution in [0.25, 0.3) is 0 Å². The first-order valence-corrected chi connectivity index (χ1v) is 7.58. The van der Waals surface area contributed by atoms with Crippen LogP contribution in [-0.4, -0.2) is 16.8 Å². The summed E-state index contributed by atoms with van der Waals surface area (Å²) in [5.74, 6) is -0.186. The number of nitrogens with one attached hydrogen (secondary N) is 2. The molecule has 7 heteroatoms. The van der Waals surface area contributed by atoms with Gasteiger partial charge >= 0.3 is 0 Å². The fourth-order valence-electron chi connectivity index (χ4n) is 2.01. The molecule has 0 bridgehead atoms. The fourth-order valence-corrected chi connectivity index (χ4v) is 3.11. The lowest BCUT2D eigenvalue weighted by molar-refractivity contribution is -0.116. The summed E-state index contributed by atoms with van der Waals surface area (Å²) in [7, 11) is 0. The van der Waals surface area contributed by atoms with E-state index in [2.05, 4.69) is 31.5 Å². The zero-order chi connectivity index (χ0) is 14.1. The molecule has 20 heavy (non-hydrogen) atoms. The van der Waals surface area contributed by atoms with Crippen LogP contribution < -0.4 is 10.6 Å². The van der Waals surface area contributed by atoms with E-state index in [4.69, 9.17) is 0 Å². The van der Waals surface area contributed by atoms with Crippen LogP contribution in [0.15, 0.2) is 28.2 Å². The Labute approximate surface area is 127 Å². The maximum Gasteiger partial charge on any atom is 0.257 e. The van der Waals surface area contributed by atoms with Gasteiger partial charge in [-0.15, -0.1) is 0 Å². The molecule has 0 saturated heterocycles. The minimum atomic E-state index is -0.202. The molecule has 2 N–H and O–H groups in total. The highest BCUT2D eigenvalue weighted by molar-refractivity contribution is 9.11. The number of thiazole rings is 1. The van der Waals surface area contributed by atoms with E-state index in [-0.39, 0.29) is 11.8 Å². The van der Waals surface area contributed by atoms with Crippen LogP contribution in [-0.2, 0) is 11.2 Å². The first-order chi connectivity index (χ1) is 9.61. The number of aryl methyl sites for hydroxylation is 1. The predicted octanol–water partition coefficient (Wildman–Crippen LogP) is 3.04. The van der Waals surface area contributed by atoms with Crippen LogP contribution in [0.4, 0.5) is 10.8 Å². The molecule has 0 spiro atoms. The molecule has 0 saturated carbocycles. The number of carbonyl (C=O) groups is 2. The number of anilines is 2. The summed E-state index contributed by atoms with van der Waals surface area (Å²) in [4.78, 5) is 27.5. The molecule has 102 valence electrons. The van der Waals surface area contributed by atoms with Crippen molar-refractivity contribution in [2.45, 2.75) is 12.8 Å². The molecule has 2 amide bonds. The lowest BCUT2D eigenvalue weighted by Crippen LogP contribution is -2.20. The minimum Gasteiger partial charge on any atom is -0.326 e. The highest BCUT2D eigenvalue weighted by Crippen LogP contribution is 2.26. The van der Waals surface area contributed by atoms with Gasteiger partial charge in [-0.3, -0.25) is 14.9 Å². The summed E-state index contributed by atoms with van der Waals surface area (Å²) in [5.41, 5.74) is 2.33. The molecule has 0 unspecified atom stereocenters. The maximum atomic E-state index is 12.1. The molecule has 0 atom stereocenters. The molecule has 5 nitrogen and oxygen atoms in total. The molecular formula is C13H10BrN3O2S. The summed E-state index contributed by atoms with van der Waals surface area (Å²) in [5, 5.41) is 6.09. The molecule has 2 aromatic rings. The summed E-state index contributed by atoms with van der Waals surface area (Å²) in [6.07, 6.45) is 2.76. The number of rotatable bonds is 2. The minimum absolute atomic E-state index is 0.0161. The van der Waals surface area contributed by atoms with Gasteiger partial charge in [0.05, 0.1) is 9.98 Å². The highest BCUT2D eigenvalue weighted by atomic mass is 79.9. The number of benzene rings is 1. The monoisotopic (exact) mass is 351 g/mol. The van der Waals surface area contributed by atoms with Crippen molar-refractivity contribution in [2.75, 3.05) is 10.6 Å². The Bertz CT molecular complexity index is 699. The molecular weight excluding hydrogens is 342 g/mol. The van der Waals surface area contributed by atoms with Crippen LogP contribution in [0.2, 0.25) is 0 Å². The maximum absolute atomic E-state index is 12.1. The topological polar surface area (TPSA) is 71.1 Å². The van der Waals surface area contributed by atoms with E-state index in [0.29, 0.717) is 23.5 Å². The van der Waals surface area contributed by atoms with Crippen molar-refractivity contribution in [2.24, 2.45) is 0 Å². The second-order valence-electron chi connectivity index (χ2n) is 4.34. The molecule has 1 aliphatic rings. The van der Waals surface area contributed by atoms with E-state index in [1.807, 2.05) is 6.07 Å². The zero-order valence-electron chi connectivity index (χ0n) is 10.3. The number of aromatic nitrogens is 1. The SMILES string of the molecule is O=C1CCc2cc(C(=O)Nc3ncc(Br)s3)ccc2N1. The van der Waals surface area contributed by atoms with Gasteiger partial charge in [-0.2, -0.15) is 0 Å². The van der Waals surface area contributed by atoms with Crippen molar-refractivity contribution in [3.63, 3.8) is 0 Å². The first-order valence-electron chi connectivity index (χ1n) is 5.97. The van der Waals surface area contributed by atoms with Crippen molar-refractivity contribution < 1.29 is 9.59 Å². The van der Waals surface area contributed by atoms with Crippen LogP contribution >= 0.6 is 27.3 Å². The standard InChI is InChI=1S/C13H10BrN3O2S/c14-10-6-15-13(20-10)17-12(19)8-1-3-9-7(5-8)2-4-11(18)16-9/h1,3,5-6H,2,4H2,(H,16,18)(H,15,17,19). The van der Waals surface area contributed by atoms with Gasteiger partial charge in [0.2, 0.25) is 5.91 Å². The molecule has 0 radical (unpaired) electrons. The second kappa shape index (κ2) is 5.34. The average Bonchev–Trinajstić information content (AvgIpc) is 2.83. The smallest absolute Gasteiger partial charge is 0.257 e. The van der Waals surface area contributed by atoms with E-state index < -0.39 is 0 Å². The quantitative estimate of drug-likeness (QED) is 0.873. The Morgan fingerprint density at radius 1 is 1.40 bits per heavy atom. The lowest BCUT2D eigenvalue weighted by Gasteiger charge is -2.17. The van der Waals surface area contributed by atoms with Gasteiger partial charge in [0.15, 0.2) is 5.13 Å². The van der Waals surface area contributed by atoms with Crippen molar-refractivity contribution in [3.05, 3.63) is 39.3 Å². The Hall–Kier alpha value is -1.73. The number of amides is 2. The van der Waals surface area contributed by atoms with Crippen molar-refractivity contribution in [3.8, 4) is 0 Å². The van der Waals surface area contributed by atoms with Gasteiger partial charge in [0, 0.05) is 17.7 Å². The predicted molar refractivity (Wildman–Crippen MR) is 81.2 cm³/mol. The van der Waals surface area contributed by atoms with Crippen molar-refractivity contribution in [1.82, 2.24) is 4.98 Å². The molecule has 2 heterocycles. The third-order valence-corrected chi connectivity index (χ3v) is 4.35. The first kappa shape index (κ1) is 13.3. The van der Waals surface area contributed by atoms with Crippen LogP contribution in [0.1, 0.15) is 22.3 Å². The van der Waals surface area contributed by atoms with Gasteiger partial charge in [0.1, 0.15) is 0 Å². The lowest BCUT2D eigenvalue weighted by atomic mass is 10.0. The number of halogens is 1. The normalized spacial score (nSPS) is 13.6. The third-order valence-electron chi connectivity index (χ3n) is 2.96. The molecule has 1 aromatic heterocycles. The summed E-state index contributed by atoms with van der Waals surface area (Å²) in [6.45, 7) is 0. The number of fused-ring (bicyclic) bond motifs is 1. The second-order valence-corrected chi connectivity index (χ2v) is 6.75. The van der Waals surface area contributed by atoms with Crippen molar-refractivity contribution in [1.29, 1.82) is 0 Å². The Balaban J connectivity index is 1.80. The summed E-state index contributed by atoms with van der Waals surface area (Å²) in [6, 6.07) is 5.27. The Kier molecular flexibility index (Phi) is 3.54. The van der Waals surface area contributed by atoms with Gasteiger partial charge in [-0.1, -0.05) is 11.3 Å². The van der Waals surface area contributed by atoms with E-state index in [1.54, 1.807) is 18.3 Å². The largest absolute Gasteiger partial charge is 0.326 e. The van der Waals surface area contributed by atoms with E-state index in [9.17, 15) is 9.59 Å². The molecule has 0 aliphatic carbocycles. The molecule has 3 rings (SSSR count). The highest BCUT2D eigenvalue weighted by Gasteiger charge is 2.17. The number of carbonyl (C=O) groups excluding carboxylic acids is 2. The van der Waals surface area contributed by atoms with E-state index in [0.717, 1.165) is 15.0 Å². The van der Waals surface area contributed by atoms with Gasteiger partial charge in [0.25, 0.3) is 5.91 Å².